The zero-order valence-electron chi connectivity index (χ0n) is 5.74. The van der Waals surface area contributed by atoms with Crippen LogP contribution in [-0.2, 0) is 0 Å². The fourth-order valence-corrected chi connectivity index (χ4v) is 1.02. The lowest BCUT2D eigenvalue weighted by Gasteiger charge is -1.97. The van der Waals surface area contributed by atoms with E-state index >= 15 is 0 Å². The van der Waals surface area contributed by atoms with E-state index < -0.39 is 0 Å². The summed E-state index contributed by atoms with van der Waals surface area (Å²) in [5, 5.41) is 11.9. The first-order chi connectivity index (χ1) is 5.38. The van der Waals surface area contributed by atoms with Gasteiger partial charge in [-0.05, 0) is 24.3 Å². The van der Waals surface area contributed by atoms with Gasteiger partial charge in [-0.3, -0.25) is 0 Å². The molecule has 0 aliphatic carbocycles. The van der Waals surface area contributed by atoms with Gasteiger partial charge in [-0.15, -0.1) is 0 Å². The average Bonchev–Trinajstić information content (AvgIpc) is 2.06. The molecule has 1 aromatic carbocycles. The molecule has 0 bridgehead atoms. The summed E-state index contributed by atoms with van der Waals surface area (Å²) in [7, 11) is 0. The van der Waals surface area contributed by atoms with Crippen molar-refractivity contribution in [3.05, 3.63) is 47.8 Å². The van der Waals surface area contributed by atoms with Crippen molar-refractivity contribution < 1.29 is 4.73 Å². The lowest BCUT2D eigenvalue weighted by molar-refractivity contribution is -0.581. The molecule has 2 nitrogen and oxygen atoms in total. The predicted molar refractivity (Wildman–Crippen MR) is 40.6 cm³/mol. The SMILES string of the molecule is [O-][n+]1[c]ccc2c[c]ccc21. The van der Waals surface area contributed by atoms with E-state index in [4.69, 9.17) is 0 Å². The average molecular weight is 143 g/mol. The van der Waals surface area contributed by atoms with Crippen LogP contribution in [0.2, 0.25) is 0 Å². The largest absolute Gasteiger partial charge is 0.618 e. The maximum atomic E-state index is 11.0. The fraction of sp³-hybridized carbons (Fsp3) is 0. The molecule has 1 aromatic heterocycles. The molecule has 0 aliphatic heterocycles. The van der Waals surface area contributed by atoms with Gasteiger partial charge in [0.15, 0.2) is 0 Å². The van der Waals surface area contributed by atoms with Gasteiger partial charge in [-0.1, -0.05) is 0 Å². The van der Waals surface area contributed by atoms with E-state index in [1.54, 1.807) is 24.3 Å². The lowest BCUT2D eigenvalue weighted by Crippen LogP contribution is -2.26. The molecule has 1 heterocycles. The highest BCUT2D eigenvalue weighted by atomic mass is 16.5. The van der Waals surface area contributed by atoms with Crippen LogP contribution in [0.15, 0.2) is 30.3 Å². The normalized spacial score (nSPS) is 10.2. The van der Waals surface area contributed by atoms with Crippen molar-refractivity contribution in [2.24, 2.45) is 0 Å². The summed E-state index contributed by atoms with van der Waals surface area (Å²) < 4.78 is 0.725. The molecule has 11 heavy (non-hydrogen) atoms. The van der Waals surface area contributed by atoms with Crippen LogP contribution < -0.4 is 4.73 Å². The van der Waals surface area contributed by atoms with Crippen LogP contribution in [0, 0.1) is 17.5 Å². The fourth-order valence-electron chi connectivity index (χ4n) is 1.02. The Labute approximate surface area is 64.3 Å². The van der Waals surface area contributed by atoms with E-state index in [2.05, 4.69) is 12.3 Å². The third kappa shape index (κ3) is 0.923. The smallest absolute Gasteiger partial charge is 0.290 e. The van der Waals surface area contributed by atoms with Crippen LogP contribution in [-0.4, -0.2) is 0 Å². The second-order valence-corrected chi connectivity index (χ2v) is 2.24. The van der Waals surface area contributed by atoms with Gasteiger partial charge in [-0.25, -0.2) is 0 Å². The van der Waals surface area contributed by atoms with Gasteiger partial charge in [0, 0.05) is 17.5 Å². The third-order valence-corrected chi connectivity index (χ3v) is 1.55. The van der Waals surface area contributed by atoms with Gasteiger partial charge in [0.05, 0.1) is 0 Å². The number of benzene rings is 1. The molecule has 0 saturated heterocycles. The number of aromatic nitrogens is 1. The van der Waals surface area contributed by atoms with E-state index in [1.165, 1.54) is 0 Å². The van der Waals surface area contributed by atoms with Crippen molar-refractivity contribution in [2.45, 2.75) is 0 Å². The van der Waals surface area contributed by atoms with Gasteiger partial charge in [-0.2, -0.15) is 4.73 Å². The van der Waals surface area contributed by atoms with E-state index in [0.29, 0.717) is 5.52 Å². The number of pyridine rings is 1. The summed E-state index contributed by atoms with van der Waals surface area (Å²) >= 11 is 0. The van der Waals surface area contributed by atoms with Crippen LogP contribution in [0.5, 0.6) is 0 Å². The van der Waals surface area contributed by atoms with Crippen LogP contribution >= 0.6 is 0 Å². The monoisotopic (exact) mass is 143 g/mol. The van der Waals surface area contributed by atoms with Crippen LogP contribution in [0.1, 0.15) is 0 Å². The standard InChI is InChI=1S/C9H5NO/c11-10-7-3-5-8-4-1-2-6-9(8)10/h2-6H. The lowest BCUT2D eigenvalue weighted by atomic mass is 10.2. The Bertz CT molecular complexity index is 379. The second-order valence-electron chi connectivity index (χ2n) is 2.24. The third-order valence-electron chi connectivity index (χ3n) is 1.55. The molecule has 0 N–H and O–H groups in total. The minimum absolute atomic E-state index is 0.631. The van der Waals surface area contributed by atoms with E-state index in [9.17, 15) is 5.21 Å². The van der Waals surface area contributed by atoms with Gasteiger partial charge < -0.3 is 5.21 Å². The molecule has 2 aromatic rings. The first kappa shape index (κ1) is 6.16. The Hall–Kier alpha value is -1.57. The molecule has 0 spiro atoms. The van der Waals surface area contributed by atoms with Gasteiger partial charge in [0.25, 0.3) is 6.20 Å². The second kappa shape index (κ2) is 2.23. The summed E-state index contributed by atoms with van der Waals surface area (Å²) in [4.78, 5) is 0. The highest BCUT2D eigenvalue weighted by Crippen LogP contribution is 2.05. The molecule has 52 valence electrons. The molecule has 0 atom stereocenters. The summed E-state index contributed by atoms with van der Waals surface area (Å²) in [6.07, 6.45) is 2.52. The van der Waals surface area contributed by atoms with Crippen LogP contribution in [0.3, 0.4) is 0 Å². The Balaban J connectivity index is 2.91. The zero-order valence-corrected chi connectivity index (χ0v) is 5.74. The number of hydrogen-bond acceptors (Lipinski definition) is 1. The summed E-state index contributed by atoms with van der Waals surface area (Å²) in [5.41, 5.74) is 0.631. The van der Waals surface area contributed by atoms with Crippen molar-refractivity contribution in [1.82, 2.24) is 0 Å². The topological polar surface area (TPSA) is 26.9 Å². The van der Waals surface area contributed by atoms with Crippen LogP contribution in [0.4, 0.5) is 0 Å². The number of nitrogens with zero attached hydrogens (tertiary/aromatic N) is 1. The Morgan fingerprint density at radius 2 is 2.18 bits per heavy atom. The van der Waals surface area contributed by atoms with Crippen molar-refractivity contribution in [2.75, 3.05) is 0 Å². The highest BCUT2D eigenvalue weighted by molar-refractivity contribution is 5.74. The van der Waals surface area contributed by atoms with Crippen molar-refractivity contribution in [3.8, 4) is 0 Å². The molecule has 0 amide bonds. The molecule has 0 unspecified atom stereocenters. The minimum Gasteiger partial charge on any atom is -0.618 e. The molecule has 2 rings (SSSR count). The highest BCUT2D eigenvalue weighted by Gasteiger charge is 1.99. The Morgan fingerprint density at radius 3 is 3.00 bits per heavy atom. The maximum Gasteiger partial charge on any atom is 0.290 e. The Morgan fingerprint density at radius 1 is 1.27 bits per heavy atom. The summed E-state index contributed by atoms with van der Waals surface area (Å²) in [5.74, 6) is 0. The molecule has 2 heteroatoms. The molecule has 0 fully saturated rings. The Kier molecular flexibility index (Phi) is 1.25. The molecular formula is C9H5NO. The van der Waals surface area contributed by atoms with Gasteiger partial charge >= 0.3 is 0 Å². The zero-order chi connectivity index (χ0) is 7.68. The first-order valence-corrected chi connectivity index (χ1v) is 3.28. The summed E-state index contributed by atoms with van der Waals surface area (Å²) in [6, 6.07) is 11.5. The number of hydrogen-bond donors (Lipinski definition) is 0. The number of rotatable bonds is 0. The molecule has 0 saturated carbocycles. The number of fused-ring (bicyclic) bond motifs is 1. The maximum absolute atomic E-state index is 11.0. The minimum atomic E-state index is 0.631. The summed E-state index contributed by atoms with van der Waals surface area (Å²) in [6.45, 7) is 0. The van der Waals surface area contributed by atoms with Gasteiger partial charge in [0.2, 0.25) is 5.52 Å². The molecular weight excluding hydrogens is 138 g/mol. The van der Waals surface area contributed by atoms with E-state index in [1.807, 2.05) is 6.07 Å². The molecule has 0 aliphatic rings. The van der Waals surface area contributed by atoms with Gasteiger partial charge in [0.1, 0.15) is 0 Å². The van der Waals surface area contributed by atoms with E-state index in [0.717, 1.165) is 10.1 Å². The van der Waals surface area contributed by atoms with Crippen molar-refractivity contribution in [1.29, 1.82) is 0 Å². The van der Waals surface area contributed by atoms with Crippen molar-refractivity contribution in [3.63, 3.8) is 0 Å². The van der Waals surface area contributed by atoms with Crippen molar-refractivity contribution >= 4 is 10.9 Å². The van der Waals surface area contributed by atoms with Crippen LogP contribution in [0.25, 0.3) is 10.9 Å². The quantitative estimate of drug-likeness (QED) is 0.400. The molecule has 2 radical (unpaired) electrons. The first-order valence-electron chi connectivity index (χ1n) is 3.28. The predicted octanol–water partition coefficient (Wildman–Crippen LogP) is 1.07. The van der Waals surface area contributed by atoms with E-state index in [-0.39, 0.29) is 0 Å².